The zero-order valence-corrected chi connectivity index (χ0v) is 8.35. The zero-order valence-electron chi connectivity index (χ0n) is 8.35. The first-order valence-electron chi connectivity index (χ1n) is 4.42. The Bertz CT molecular complexity index is 187. The topological polar surface area (TPSA) is 12.0 Å². The van der Waals surface area contributed by atoms with Crippen molar-refractivity contribution in [2.24, 2.45) is 0 Å². The predicted octanol–water partition coefficient (Wildman–Crippen LogP) is 3.02. The van der Waals surface area contributed by atoms with E-state index in [9.17, 15) is 0 Å². The first kappa shape index (κ1) is 11.0. The summed E-state index contributed by atoms with van der Waals surface area (Å²) in [5.41, 5.74) is 2.70. The summed E-state index contributed by atoms with van der Waals surface area (Å²) in [6, 6.07) is 0. The molecule has 0 heterocycles. The SMILES string of the molecule is C=CNCC(=C/CC)/C(C)=C\C. The third-order valence-electron chi connectivity index (χ3n) is 1.83. The third kappa shape index (κ3) is 4.02. The highest BCUT2D eigenvalue weighted by molar-refractivity contribution is 5.29. The molecule has 0 amide bonds. The van der Waals surface area contributed by atoms with Crippen molar-refractivity contribution in [2.75, 3.05) is 6.54 Å². The summed E-state index contributed by atoms with van der Waals surface area (Å²) in [5, 5.41) is 3.10. The maximum Gasteiger partial charge on any atom is 0.0394 e. The van der Waals surface area contributed by atoms with Gasteiger partial charge in [-0.25, -0.2) is 0 Å². The van der Waals surface area contributed by atoms with Gasteiger partial charge in [0.15, 0.2) is 0 Å². The fourth-order valence-electron chi connectivity index (χ4n) is 0.986. The smallest absolute Gasteiger partial charge is 0.0394 e. The molecular weight excluding hydrogens is 146 g/mol. The maximum absolute atomic E-state index is 3.62. The lowest BCUT2D eigenvalue weighted by molar-refractivity contribution is 0.933. The monoisotopic (exact) mass is 165 g/mol. The van der Waals surface area contributed by atoms with E-state index in [1.54, 1.807) is 6.20 Å². The van der Waals surface area contributed by atoms with Crippen LogP contribution >= 0.6 is 0 Å². The molecule has 0 aromatic rings. The summed E-state index contributed by atoms with van der Waals surface area (Å²) >= 11 is 0. The molecule has 1 heteroatoms. The molecule has 0 saturated carbocycles. The highest BCUT2D eigenvalue weighted by Crippen LogP contribution is 2.08. The molecule has 0 saturated heterocycles. The quantitative estimate of drug-likeness (QED) is 0.617. The van der Waals surface area contributed by atoms with Gasteiger partial charge in [-0.05, 0) is 32.0 Å². The zero-order chi connectivity index (χ0) is 9.40. The van der Waals surface area contributed by atoms with Crippen LogP contribution < -0.4 is 5.32 Å². The summed E-state index contributed by atoms with van der Waals surface area (Å²) in [7, 11) is 0. The van der Waals surface area contributed by atoms with Crippen LogP contribution in [0.15, 0.2) is 36.1 Å². The molecule has 0 aliphatic carbocycles. The summed E-state index contributed by atoms with van der Waals surface area (Å²) < 4.78 is 0. The van der Waals surface area contributed by atoms with Crippen LogP contribution in [-0.4, -0.2) is 6.54 Å². The first-order valence-corrected chi connectivity index (χ1v) is 4.42. The number of hydrogen-bond acceptors (Lipinski definition) is 1. The largest absolute Gasteiger partial charge is 0.387 e. The number of rotatable bonds is 5. The first-order chi connectivity index (χ1) is 5.76. The molecule has 0 unspecified atom stereocenters. The van der Waals surface area contributed by atoms with Gasteiger partial charge in [-0.1, -0.05) is 31.2 Å². The molecule has 0 aliphatic heterocycles. The molecule has 0 fully saturated rings. The Balaban J connectivity index is 4.23. The van der Waals surface area contributed by atoms with Crippen LogP contribution in [0.3, 0.4) is 0 Å². The fourth-order valence-corrected chi connectivity index (χ4v) is 0.986. The van der Waals surface area contributed by atoms with Crippen LogP contribution in [0.1, 0.15) is 27.2 Å². The van der Waals surface area contributed by atoms with E-state index in [0.29, 0.717) is 0 Å². The Morgan fingerprint density at radius 1 is 1.50 bits per heavy atom. The molecule has 0 atom stereocenters. The molecule has 0 spiro atoms. The Hall–Kier alpha value is -0.980. The number of hydrogen-bond donors (Lipinski definition) is 1. The average Bonchev–Trinajstić information content (AvgIpc) is 2.11. The predicted molar refractivity (Wildman–Crippen MR) is 56.0 cm³/mol. The van der Waals surface area contributed by atoms with Gasteiger partial charge in [0.25, 0.3) is 0 Å². The normalized spacial score (nSPS) is 12.9. The molecule has 0 bridgehead atoms. The van der Waals surface area contributed by atoms with Crippen molar-refractivity contribution in [1.82, 2.24) is 5.32 Å². The van der Waals surface area contributed by atoms with Crippen LogP contribution in [0.4, 0.5) is 0 Å². The molecule has 0 aromatic carbocycles. The molecule has 0 aromatic heterocycles. The van der Waals surface area contributed by atoms with Gasteiger partial charge < -0.3 is 5.32 Å². The van der Waals surface area contributed by atoms with Gasteiger partial charge in [0.05, 0.1) is 0 Å². The van der Waals surface area contributed by atoms with Crippen LogP contribution in [0.5, 0.6) is 0 Å². The van der Waals surface area contributed by atoms with E-state index in [1.165, 1.54) is 11.1 Å². The van der Waals surface area contributed by atoms with E-state index in [2.05, 4.69) is 44.8 Å². The van der Waals surface area contributed by atoms with Crippen molar-refractivity contribution in [3.8, 4) is 0 Å². The lowest BCUT2D eigenvalue weighted by atomic mass is 10.1. The maximum atomic E-state index is 3.62. The van der Waals surface area contributed by atoms with Crippen LogP contribution in [0, 0.1) is 0 Å². The van der Waals surface area contributed by atoms with Gasteiger partial charge in [0.2, 0.25) is 0 Å². The Morgan fingerprint density at radius 3 is 2.58 bits per heavy atom. The summed E-state index contributed by atoms with van der Waals surface area (Å²) in [5.74, 6) is 0. The van der Waals surface area contributed by atoms with E-state index >= 15 is 0 Å². The summed E-state index contributed by atoms with van der Waals surface area (Å²) in [4.78, 5) is 0. The number of nitrogens with one attached hydrogen (secondary N) is 1. The van der Waals surface area contributed by atoms with E-state index < -0.39 is 0 Å². The lowest BCUT2D eigenvalue weighted by Crippen LogP contribution is -2.09. The molecular formula is C11H19N. The lowest BCUT2D eigenvalue weighted by Gasteiger charge is -2.07. The highest BCUT2D eigenvalue weighted by atomic mass is 14.8. The van der Waals surface area contributed by atoms with Gasteiger partial charge in [-0.3, -0.25) is 0 Å². The third-order valence-corrected chi connectivity index (χ3v) is 1.83. The van der Waals surface area contributed by atoms with Gasteiger partial charge in [-0.15, -0.1) is 0 Å². The summed E-state index contributed by atoms with van der Waals surface area (Å²) in [6.07, 6.45) is 7.18. The second kappa shape index (κ2) is 6.71. The average molecular weight is 165 g/mol. The van der Waals surface area contributed by atoms with E-state index in [1.807, 2.05) is 0 Å². The van der Waals surface area contributed by atoms with E-state index in [-0.39, 0.29) is 0 Å². The minimum atomic E-state index is 0.882. The molecule has 68 valence electrons. The van der Waals surface area contributed by atoms with E-state index in [0.717, 1.165) is 13.0 Å². The van der Waals surface area contributed by atoms with Crippen molar-refractivity contribution >= 4 is 0 Å². The summed E-state index contributed by atoms with van der Waals surface area (Å²) in [6.45, 7) is 10.8. The Morgan fingerprint density at radius 2 is 2.17 bits per heavy atom. The minimum Gasteiger partial charge on any atom is -0.387 e. The van der Waals surface area contributed by atoms with Crippen molar-refractivity contribution in [1.29, 1.82) is 0 Å². The van der Waals surface area contributed by atoms with Crippen LogP contribution in [0.25, 0.3) is 0 Å². The molecule has 1 N–H and O–H groups in total. The second-order valence-electron chi connectivity index (χ2n) is 2.69. The molecule has 0 radical (unpaired) electrons. The van der Waals surface area contributed by atoms with Crippen molar-refractivity contribution in [3.05, 3.63) is 36.1 Å². The molecule has 12 heavy (non-hydrogen) atoms. The van der Waals surface area contributed by atoms with Gasteiger partial charge in [0.1, 0.15) is 0 Å². The fraction of sp³-hybridized carbons (Fsp3) is 0.455. The van der Waals surface area contributed by atoms with Gasteiger partial charge in [0, 0.05) is 6.54 Å². The van der Waals surface area contributed by atoms with E-state index in [4.69, 9.17) is 0 Å². The molecule has 0 rings (SSSR count). The Labute approximate surface area is 75.9 Å². The Kier molecular flexibility index (Phi) is 6.16. The van der Waals surface area contributed by atoms with Crippen molar-refractivity contribution < 1.29 is 0 Å². The molecule has 0 aliphatic rings. The second-order valence-corrected chi connectivity index (χ2v) is 2.69. The number of allylic oxidation sites excluding steroid dienone is 2. The van der Waals surface area contributed by atoms with Crippen LogP contribution in [-0.2, 0) is 0 Å². The standard InChI is InChI=1S/C11H19N/c1-5-8-11(9-12-7-3)10(4)6-2/h6-8,12H,3,5,9H2,1-2,4H3/b10-6-,11-8-. The van der Waals surface area contributed by atoms with Crippen molar-refractivity contribution in [2.45, 2.75) is 27.2 Å². The minimum absolute atomic E-state index is 0.882. The van der Waals surface area contributed by atoms with Gasteiger partial charge in [-0.2, -0.15) is 0 Å². The van der Waals surface area contributed by atoms with Gasteiger partial charge >= 0.3 is 0 Å². The highest BCUT2D eigenvalue weighted by Gasteiger charge is 1.95. The molecule has 1 nitrogen and oxygen atoms in total. The van der Waals surface area contributed by atoms with Crippen molar-refractivity contribution in [3.63, 3.8) is 0 Å². The van der Waals surface area contributed by atoms with Crippen LogP contribution in [0.2, 0.25) is 0 Å².